The summed E-state index contributed by atoms with van der Waals surface area (Å²) in [5.41, 5.74) is 0.373. The molecule has 0 spiro atoms. The number of benzene rings is 1. The fourth-order valence-corrected chi connectivity index (χ4v) is 2.22. The Bertz CT molecular complexity index is 420. The van der Waals surface area contributed by atoms with Crippen LogP contribution in [-0.2, 0) is 0 Å². The lowest BCUT2D eigenvalue weighted by atomic mass is 10.1. The molecule has 0 fully saturated rings. The van der Waals surface area contributed by atoms with Crippen LogP contribution in [-0.4, -0.2) is 22.7 Å². The summed E-state index contributed by atoms with van der Waals surface area (Å²) in [6, 6.07) is 8.11. The molecule has 6 heteroatoms. The van der Waals surface area contributed by atoms with Gasteiger partial charge in [-0.2, -0.15) is 17.6 Å². The van der Waals surface area contributed by atoms with Crippen LogP contribution in [0.25, 0.3) is 0 Å². The average Bonchev–Trinajstić information content (AvgIpc) is 2.39. The highest BCUT2D eigenvalue weighted by Gasteiger charge is 2.53. The molecule has 0 aromatic heterocycles. The highest BCUT2D eigenvalue weighted by molar-refractivity contribution is 8.14. The minimum Gasteiger partial charge on any atom is -0.282 e. The Labute approximate surface area is 113 Å². The van der Waals surface area contributed by atoms with E-state index in [0.29, 0.717) is 17.3 Å². The molecule has 0 saturated carbocycles. The van der Waals surface area contributed by atoms with Gasteiger partial charge in [0, 0.05) is 24.2 Å². The fourth-order valence-electron chi connectivity index (χ4n) is 1.37. The number of hydrogen-bond acceptors (Lipinski definition) is 2. The van der Waals surface area contributed by atoms with Crippen molar-refractivity contribution in [2.75, 3.05) is 5.75 Å². The van der Waals surface area contributed by atoms with Crippen molar-refractivity contribution >= 4 is 16.9 Å². The van der Waals surface area contributed by atoms with Gasteiger partial charge < -0.3 is 0 Å². The van der Waals surface area contributed by atoms with Gasteiger partial charge in [-0.3, -0.25) is 4.79 Å². The van der Waals surface area contributed by atoms with E-state index in [1.165, 1.54) is 0 Å². The molecule has 0 aliphatic carbocycles. The van der Waals surface area contributed by atoms with Crippen molar-refractivity contribution in [3.05, 3.63) is 35.9 Å². The summed E-state index contributed by atoms with van der Waals surface area (Å²) in [7, 11) is 0. The zero-order valence-corrected chi connectivity index (χ0v) is 11.2. The third-order valence-electron chi connectivity index (χ3n) is 2.64. The molecule has 0 radical (unpaired) electrons. The predicted molar refractivity (Wildman–Crippen MR) is 68.0 cm³/mol. The lowest BCUT2D eigenvalue weighted by Crippen LogP contribution is -2.40. The minimum atomic E-state index is -4.08. The van der Waals surface area contributed by atoms with E-state index in [2.05, 4.69) is 0 Å². The number of carbonyl (C=O) groups is 1. The Morgan fingerprint density at radius 2 is 1.68 bits per heavy atom. The first-order valence-electron chi connectivity index (χ1n) is 5.78. The second-order valence-electron chi connectivity index (χ2n) is 4.01. The van der Waals surface area contributed by atoms with Gasteiger partial charge in [-0.15, -0.1) is 0 Å². The molecule has 1 rings (SSSR count). The molecule has 106 valence electrons. The Morgan fingerprint density at radius 1 is 1.11 bits per heavy atom. The zero-order valence-electron chi connectivity index (χ0n) is 10.3. The molecule has 0 heterocycles. The summed E-state index contributed by atoms with van der Waals surface area (Å²) >= 11 is 0.631. The summed E-state index contributed by atoms with van der Waals surface area (Å²) in [6.45, 7) is 1.01. The summed E-state index contributed by atoms with van der Waals surface area (Å²) in [5.74, 6) is -8.44. The van der Waals surface area contributed by atoms with Gasteiger partial charge in [0.2, 0.25) is 5.12 Å². The normalized spacial score (nSPS) is 12.5. The standard InChI is InChI=1S/C13H14F4OS/c1-2-12(14,15)13(16,17)8-9-19-11(18)10-6-4-3-5-7-10/h3-7H,2,8-9H2,1H3. The maximum atomic E-state index is 13.2. The molecule has 1 aromatic carbocycles. The van der Waals surface area contributed by atoms with Crippen LogP contribution in [0.2, 0.25) is 0 Å². The van der Waals surface area contributed by atoms with Crippen molar-refractivity contribution in [2.45, 2.75) is 31.6 Å². The SMILES string of the molecule is CCC(F)(F)C(F)(F)CCSC(=O)c1ccccc1. The van der Waals surface area contributed by atoms with Gasteiger partial charge in [0.05, 0.1) is 0 Å². The van der Waals surface area contributed by atoms with E-state index in [1.807, 2.05) is 0 Å². The van der Waals surface area contributed by atoms with E-state index in [0.717, 1.165) is 6.92 Å². The summed E-state index contributed by atoms with van der Waals surface area (Å²) in [5, 5.41) is -0.392. The van der Waals surface area contributed by atoms with E-state index in [1.54, 1.807) is 30.3 Å². The number of alkyl halides is 4. The van der Waals surface area contributed by atoms with Gasteiger partial charge in [-0.1, -0.05) is 49.0 Å². The largest absolute Gasteiger partial charge is 0.311 e. The first kappa shape index (κ1) is 16.0. The quantitative estimate of drug-likeness (QED) is 0.711. The van der Waals surface area contributed by atoms with Crippen LogP contribution in [0.1, 0.15) is 30.1 Å². The van der Waals surface area contributed by atoms with Crippen LogP contribution in [0.4, 0.5) is 17.6 Å². The minimum absolute atomic E-state index is 0.337. The number of rotatable bonds is 6. The highest BCUT2D eigenvalue weighted by Crippen LogP contribution is 2.40. The van der Waals surface area contributed by atoms with Gasteiger partial charge in [0.25, 0.3) is 0 Å². The molecule has 0 aliphatic rings. The topological polar surface area (TPSA) is 17.1 Å². The van der Waals surface area contributed by atoms with E-state index in [-0.39, 0.29) is 5.75 Å². The van der Waals surface area contributed by atoms with Gasteiger partial charge in [0.1, 0.15) is 0 Å². The molecule has 19 heavy (non-hydrogen) atoms. The molecule has 0 N–H and O–H groups in total. The molecule has 0 bridgehead atoms. The van der Waals surface area contributed by atoms with E-state index in [4.69, 9.17) is 0 Å². The lowest BCUT2D eigenvalue weighted by molar-refractivity contribution is -0.210. The summed E-state index contributed by atoms with van der Waals surface area (Å²) in [6.07, 6.45) is -1.94. The van der Waals surface area contributed by atoms with Crippen molar-refractivity contribution in [2.24, 2.45) is 0 Å². The van der Waals surface area contributed by atoms with E-state index >= 15 is 0 Å². The monoisotopic (exact) mass is 294 g/mol. The maximum Gasteiger partial charge on any atom is 0.311 e. The number of thioether (sulfide) groups is 1. The lowest BCUT2D eigenvalue weighted by Gasteiger charge is -2.25. The van der Waals surface area contributed by atoms with E-state index in [9.17, 15) is 22.4 Å². The molecule has 1 aromatic rings. The molecular weight excluding hydrogens is 280 g/mol. The van der Waals surface area contributed by atoms with Crippen LogP contribution in [0, 0.1) is 0 Å². The zero-order chi connectivity index (χ0) is 14.5. The van der Waals surface area contributed by atoms with Crippen molar-refractivity contribution in [1.82, 2.24) is 0 Å². The van der Waals surface area contributed by atoms with Gasteiger partial charge >= 0.3 is 11.8 Å². The van der Waals surface area contributed by atoms with Crippen LogP contribution in [0.15, 0.2) is 30.3 Å². The fraction of sp³-hybridized carbons (Fsp3) is 0.462. The van der Waals surface area contributed by atoms with E-state index < -0.39 is 29.8 Å². The van der Waals surface area contributed by atoms with Gasteiger partial charge in [0.15, 0.2) is 0 Å². The first-order valence-corrected chi connectivity index (χ1v) is 6.76. The van der Waals surface area contributed by atoms with Gasteiger partial charge in [-0.25, -0.2) is 0 Å². The molecule has 0 atom stereocenters. The Hall–Kier alpha value is -1.04. The van der Waals surface area contributed by atoms with Crippen LogP contribution >= 0.6 is 11.8 Å². The molecule has 0 amide bonds. The van der Waals surface area contributed by atoms with Gasteiger partial charge in [-0.05, 0) is 0 Å². The smallest absolute Gasteiger partial charge is 0.282 e. The third kappa shape index (κ3) is 4.23. The van der Waals surface area contributed by atoms with Crippen molar-refractivity contribution in [3.63, 3.8) is 0 Å². The predicted octanol–water partition coefficient (Wildman–Crippen LogP) is 4.63. The molecule has 0 aliphatic heterocycles. The Balaban J connectivity index is 2.49. The van der Waals surface area contributed by atoms with Crippen molar-refractivity contribution in [3.8, 4) is 0 Å². The van der Waals surface area contributed by atoms with Crippen LogP contribution in [0.5, 0.6) is 0 Å². The summed E-state index contributed by atoms with van der Waals surface area (Å²) < 4.78 is 52.2. The molecule has 0 unspecified atom stereocenters. The van der Waals surface area contributed by atoms with Crippen molar-refractivity contribution < 1.29 is 22.4 Å². The van der Waals surface area contributed by atoms with Crippen LogP contribution < -0.4 is 0 Å². The number of hydrogen-bond donors (Lipinski definition) is 0. The Morgan fingerprint density at radius 3 is 2.21 bits per heavy atom. The second-order valence-corrected chi connectivity index (χ2v) is 5.08. The highest BCUT2D eigenvalue weighted by atomic mass is 32.2. The molecule has 0 saturated heterocycles. The van der Waals surface area contributed by atoms with Crippen molar-refractivity contribution in [1.29, 1.82) is 0 Å². The number of halogens is 4. The number of carbonyl (C=O) groups excluding carboxylic acids is 1. The summed E-state index contributed by atoms with van der Waals surface area (Å²) in [4.78, 5) is 11.6. The second kappa shape index (κ2) is 6.41. The Kier molecular flexibility index (Phi) is 5.40. The third-order valence-corrected chi connectivity index (χ3v) is 3.54. The van der Waals surface area contributed by atoms with Crippen LogP contribution in [0.3, 0.4) is 0 Å². The molecular formula is C13H14F4OS. The maximum absolute atomic E-state index is 13.2. The average molecular weight is 294 g/mol. The molecule has 1 nitrogen and oxygen atoms in total. The first-order chi connectivity index (χ1) is 8.80.